The summed E-state index contributed by atoms with van der Waals surface area (Å²) in [6.07, 6.45) is 0. The van der Waals surface area contributed by atoms with Crippen molar-refractivity contribution in [1.29, 1.82) is 0 Å². The minimum Gasteiger partial charge on any atom is -0.398 e. The molecular formula is C13H19N5O2. The van der Waals surface area contributed by atoms with Crippen LogP contribution in [0.1, 0.15) is 5.56 Å². The number of aryl methyl sites for hydroxylation is 1. The maximum Gasteiger partial charge on any atom is 0.182 e. The molecule has 2 aromatic rings. The van der Waals surface area contributed by atoms with E-state index < -0.39 is 0 Å². The van der Waals surface area contributed by atoms with E-state index in [0.717, 1.165) is 16.8 Å². The van der Waals surface area contributed by atoms with Gasteiger partial charge in [-0.15, -0.1) is 5.10 Å². The Kier molecular flexibility index (Phi) is 5.03. The fourth-order valence-electron chi connectivity index (χ4n) is 1.74. The largest absolute Gasteiger partial charge is 0.398 e. The Morgan fingerprint density at radius 3 is 2.85 bits per heavy atom. The molecule has 0 atom stereocenters. The molecule has 1 heterocycles. The van der Waals surface area contributed by atoms with E-state index >= 15 is 0 Å². The molecule has 0 aliphatic carbocycles. The molecule has 0 amide bonds. The fourth-order valence-corrected chi connectivity index (χ4v) is 1.74. The summed E-state index contributed by atoms with van der Waals surface area (Å²) in [5.41, 5.74) is 8.58. The van der Waals surface area contributed by atoms with Gasteiger partial charge in [-0.25, -0.2) is 4.68 Å². The number of rotatable bonds is 7. The number of benzene rings is 1. The van der Waals surface area contributed by atoms with Crippen molar-refractivity contribution in [1.82, 2.24) is 20.2 Å². The average Bonchev–Trinajstić information content (AvgIpc) is 2.90. The second kappa shape index (κ2) is 6.97. The van der Waals surface area contributed by atoms with Crippen molar-refractivity contribution in [3.8, 4) is 11.4 Å². The predicted octanol–water partition coefficient (Wildman–Crippen LogP) is 0.894. The molecule has 0 saturated carbocycles. The van der Waals surface area contributed by atoms with Gasteiger partial charge >= 0.3 is 0 Å². The zero-order chi connectivity index (χ0) is 14.4. The smallest absolute Gasteiger partial charge is 0.182 e. The lowest BCUT2D eigenvalue weighted by atomic mass is 10.1. The highest BCUT2D eigenvalue weighted by atomic mass is 16.5. The standard InChI is InChI=1S/C13H19N5O2/c1-10-3-4-11(9-12(10)14)13-15-16-17-18(13)5-6-20-8-7-19-2/h3-4,9H,5-8,14H2,1-2H3. The average molecular weight is 277 g/mol. The van der Waals surface area contributed by atoms with Crippen molar-refractivity contribution in [2.24, 2.45) is 0 Å². The van der Waals surface area contributed by atoms with Gasteiger partial charge in [-0.3, -0.25) is 0 Å². The van der Waals surface area contributed by atoms with Crippen molar-refractivity contribution >= 4 is 5.69 Å². The van der Waals surface area contributed by atoms with Gasteiger partial charge in [0.25, 0.3) is 0 Å². The minimum atomic E-state index is 0.530. The Balaban J connectivity index is 2.02. The lowest BCUT2D eigenvalue weighted by molar-refractivity contribution is 0.0654. The van der Waals surface area contributed by atoms with E-state index in [-0.39, 0.29) is 0 Å². The summed E-state index contributed by atoms with van der Waals surface area (Å²) in [6.45, 7) is 4.22. The molecule has 0 bridgehead atoms. The molecule has 0 spiro atoms. The van der Waals surface area contributed by atoms with Crippen LogP contribution in [0.25, 0.3) is 11.4 Å². The first-order valence-electron chi connectivity index (χ1n) is 6.41. The van der Waals surface area contributed by atoms with Crippen molar-refractivity contribution in [3.63, 3.8) is 0 Å². The Bertz CT molecular complexity index is 555. The maximum atomic E-state index is 5.92. The van der Waals surface area contributed by atoms with Gasteiger partial charge in [-0.05, 0) is 29.0 Å². The van der Waals surface area contributed by atoms with E-state index in [0.29, 0.717) is 32.2 Å². The first-order chi connectivity index (χ1) is 9.72. The monoisotopic (exact) mass is 277 g/mol. The van der Waals surface area contributed by atoms with Crippen LogP contribution < -0.4 is 5.73 Å². The number of nitrogens with two attached hydrogens (primary N) is 1. The first-order valence-corrected chi connectivity index (χ1v) is 6.41. The normalized spacial score (nSPS) is 10.9. The zero-order valence-corrected chi connectivity index (χ0v) is 11.7. The van der Waals surface area contributed by atoms with Crippen LogP contribution in [0.2, 0.25) is 0 Å². The summed E-state index contributed by atoms with van der Waals surface area (Å²) in [5, 5.41) is 11.7. The molecule has 0 unspecified atom stereocenters. The molecule has 0 radical (unpaired) electrons. The number of anilines is 1. The molecule has 108 valence electrons. The van der Waals surface area contributed by atoms with Crippen LogP contribution in [0.15, 0.2) is 18.2 Å². The third-order valence-corrected chi connectivity index (χ3v) is 2.95. The Labute approximate surface area is 117 Å². The Morgan fingerprint density at radius 1 is 1.25 bits per heavy atom. The number of nitrogens with zero attached hydrogens (tertiary/aromatic N) is 4. The third kappa shape index (κ3) is 3.52. The summed E-state index contributed by atoms with van der Waals surface area (Å²) in [6, 6.07) is 5.79. The molecule has 7 heteroatoms. The number of hydrogen-bond donors (Lipinski definition) is 1. The number of tetrazole rings is 1. The predicted molar refractivity (Wildman–Crippen MR) is 75.1 cm³/mol. The van der Waals surface area contributed by atoms with Crippen molar-refractivity contribution in [2.75, 3.05) is 32.7 Å². The van der Waals surface area contributed by atoms with Crippen LogP contribution in [0, 0.1) is 6.92 Å². The van der Waals surface area contributed by atoms with Crippen LogP contribution in [-0.2, 0) is 16.0 Å². The molecule has 0 saturated heterocycles. The number of hydrogen-bond acceptors (Lipinski definition) is 6. The molecule has 0 fully saturated rings. The fraction of sp³-hybridized carbons (Fsp3) is 0.462. The van der Waals surface area contributed by atoms with Gasteiger partial charge < -0.3 is 15.2 Å². The molecule has 1 aromatic heterocycles. The highest BCUT2D eigenvalue weighted by Crippen LogP contribution is 2.21. The van der Waals surface area contributed by atoms with Crippen molar-refractivity contribution in [2.45, 2.75) is 13.5 Å². The highest BCUT2D eigenvalue weighted by Gasteiger charge is 2.09. The zero-order valence-electron chi connectivity index (χ0n) is 11.7. The van der Waals surface area contributed by atoms with E-state index in [9.17, 15) is 0 Å². The minimum absolute atomic E-state index is 0.530. The van der Waals surface area contributed by atoms with Gasteiger partial charge in [0.05, 0.1) is 26.4 Å². The SMILES string of the molecule is COCCOCCn1nnnc1-c1ccc(C)c(N)c1. The summed E-state index contributed by atoms with van der Waals surface area (Å²) >= 11 is 0. The second-order valence-electron chi connectivity index (χ2n) is 4.40. The molecule has 0 aliphatic heterocycles. The highest BCUT2D eigenvalue weighted by molar-refractivity contribution is 5.63. The molecular weight excluding hydrogens is 258 g/mol. The van der Waals surface area contributed by atoms with E-state index in [4.69, 9.17) is 15.2 Å². The third-order valence-electron chi connectivity index (χ3n) is 2.95. The van der Waals surface area contributed by atoms with E-state index in [1.165, 1.54) is 0 Å². The summed E-state index contributed by atoms with van der Waals surface area (Å²) in [4.78, 5) is 0. The van der Waals surface area contributed by atoms with Gasteiger partial charge in [0.2, 0.25) is 0 Å². The Morgan fingerprint density at radius 2 is 2.10 bits per heavy atom. The number of aromatic nitrogens is 4. The summed E-state index contributed by atoms with van der Waals surface area (Å²) in [7, 11) is 1.64. The number of nitrogen functional groups attached to an aromatic ring is 1. The van der Waals surface area contributed by atoms with Gasteiger partial charge in [-0.2, -0.15) is 0 Å². The van der Waals surface area contributed by atoms with Crippen molar-refractivity contribution in [3.05, 3.63) is 23.8 Å². The van der Waals surface area contributed by atoms with Gasteiger partial charge in [-0.1, -0.05) is 12.1 Å². The van der Waals surface area contributed by atoms with E-state index in [1.807, 2.05) is 25.1 Å². The topological polar surface area (TPSA) is 88.1 Å². The molecule has 20 heavy (non-hydrogen) atoms. The Hall–Kier alpha value is -1.99. The first kappa shape index (κ1) is 14.4. The molecule has 0 aliphatic rings. The van der Waals surface area contributed by atoms with E-state index in [1.54, 1.807) is 11.8 Å². The number of ether oxygens (including phenoxy) is 2. The van der Waals surface area contributed by atoms with E-state index in [2.05, 4.69) is 15.5 Å². The van der Waals surface area contributed by atoms with Crippen LogP contribution in [0.4, 0.5) is 5.69 Å². The van der Waals surface area contributed by atoms with Crippen molar-refractivity contribution < 1.29 is 9.47 Å². The number of methoxy groups -OCH3 is 1. The lowest BCUT2D eigenvalue weighted by Crippen LogP contribution is -2.11. The summed E-state index contributed by atoms with van der Waals surface area (Å²) < 4.78 is 12.0. The maximum absolute atomic E-state index is 5.92. The van der Waals surface area contributed by atoms with Gasteiger partial charge in [0, 0.05) is 18.4 Å². The molecule has 7 nitrogen and oxygen atoms in total. The van der Waals surface area contributed by atoms with Gasteiger partial charge in [0.15, 0.2) is 5.82 Å². The van der Waals surface area contributed by atoms with Crippen LogP contribution in [0.5, 0.6) is 0 Å². The van der Waals surface area contributed by atoms with Gasteiger partial charge in [0.1, 0.15) is 0 Å². The molecule has 2 rings (SSSR count). The molecule has 1 aromatic carbocycles. The van der Waals surface area contributed by atoms with Crippen LogP contribution >= 0.6 is 0 Å². The molecule has 2 N–H and O–H groups in total. The van der Waals surface area contributed by atoms with Crippen LogP contribution in [-0.4, -0.2) is 47.1 Å². The lowest BCUT2D eigenvalue weighted by Gasteiger charge is -2.07. The van der Waals surface area contributed by atoms with Crippen LogP contribution in [0.3, 0.4) is 0 Å². The summed E-state index contributed by atoms with van der Waals surface area (Å²) in [5.74, 6) is 0.687. The quantitative estimate of drug-likeness (QED) is 0.597. The second-order valence-corrected chi connectivity index (χ2v) is 4.40.